The zero-order chi connectivity index (χ0) is 28.0. The molecule has 0 N–H and O–H groups in total. The molecule has 0 aromatic carbocycles. The first-order valence-electron chi connectivity index (χ1n) is 16.3. The average molecular weight is 517 g/mol. The van der Waals surface area contributed by atoms with Crippen molar-refractivity contribution >= 4 is 0 Å². The van der Waals surface area contributed by atoms with Gasteiger partial charge in [-0.25, -0.2) is 0 Å². The molecule has 1 saturated heterocycles. The van der Waals surface area contributed by atoms with Crippen molar-refractivity contribution in [1.82, 2.24) is 9.80 Å². The first-order valence-corrected chi connectivity index (χ1v) is 16.3. The largest absolute Gasteiger partial charge is 0.306 e. The molecule has 2 rings (SSSR count). The Bertz CT molecular complexity index is 670. The fourth-order valence-electron chi connectivity index (χ4n) is 8.58. The summed E-state index contributed by atoms with van der Waals surface area (Å²) in [5.41, 5.74) is 1.52. The molecule has 0 aromatic rings. The number of rotatable bonds is 4. The molecule has 218 valence electrons. The number of allylic oxidation sites excluding steroid dienone is 1. The summed E-state index contributed by atoms with van der Waals surface area (Å²) < 4.78 is 0. The molecule has 0 bridgehead atoms. The lowest BCUT2D eigenvalue weighted by molar-refractivity contribution is 0.0795. The Hall–Kier alpha value is -0.340. The summed E-state index contributed by atoms with van der Waals surface area (Å²) in [6, 6.07) is 1.38. The van der Waals surface area contributed by atoms with Gasteiger partial charge in [0.05, 0.1) is 0 Å². The molecule has 0 radical (unpaired) electrons. The lowest BCUT2D eigenvalue weighted by Gasteiger charge is -2.42. The lowest BCUT2D eigenvalue weighted by atomic mass is 9.67. The van der Waals surface area contributed by atoms with Gasteiger partial charge in [0, 0.05) is 18.6 Å². The van der Waals surface area contributed by atoms with Crippen LogP contribution in [0.5, 0.6) is 0 Å². The maximum atomic E-state index is 4.72. The van der Waals surface area contributed by atoms with Crippen LogP contribution in [0.2, 0.25) is 0 Å². The van der Waals surface area contributed by atoms with Crippen LogP contribution in [-0.2, 0) is 0 Å². The normalized spacial score (nSPS) is 44.4. The minimum atomic E-state index is 0.618. The fraction of sp³-hybridized carbons (Fsp3) is 0.943. The van der Waals surface area contributed by atoms with Crippen LogP contribution in [0, 0.1) is 59.2 Å². The molecule has 1 saturated carbocycles. The van der Waals surface area contributed by atoms with Gasteiger partial charge in [-0.3, -0.25) is 0 Å². The van der Waals surface area contributed by atoms with Gasteiger partial charge in [-0.2, -0.15) is 0 Å². The van der Waals surface area contributed by atoms with Crippen molar-refractivity contribution in [3.05, 3.63) is 12.2 Å². The second-order valence-electron chi connectivity index (χ2n) is 14.8. The standard InChI is InChI=1S/C35H68N2/c1-14-32-19-24(3)27(6)25(4)20-34(21-33-16-15-17-35(30(33)9)36(11)12)26(5)18-23(2)22-37(13)31(10)28(7)29(32)8/h23,25-35H,3,14-22H2,1-2,4-13H3/t23-,25+,26+,27+,28+,29-,30+,31-,32+,33+,34+,35+/m1/s1. The maximum absolute atomic E-state index is 4.72. The average Bonchev–Trinajstić information content (AvgIpc) is 2.84. The summed E-state index contributed by atoms with van der Waals surface area (Å²) in [5, 5.41) is 0. The van der Waals surface area contributed by atoms with E-state index in [1.807, 2.05) is 0 Å². The molecule has 2 fully saturated rings. The van der Waals surface area contributed by atoms with Crippen molar-refractivity contribution in [2.75, 3.05) is 27.7 Å². The molecule has 0 aromatic heterocycles. The number of nitrogens with zero attached hydrogens (tertiary/aromatic N) is 2. The van der Waals surface area contributed by atoms with Gasteiger partial charge < -0.3 is 9.80 Å². The topological polar surface area (TPSA) is 6.48 Å². The fourth-order valence-corrected chi connectivity index (χ4v) is 8.58. The molecule has 1 heterocycles. The molecule has 12 atom stereocenters. The summed E-state index contributed by atoms with van der Waals surface area (Å²) in [6.07, 6.45) is 10.9. The summed E-state index contributed by atoms with van der Waals surface area (Å²) in [6.45, 7) is 28.6. The van der Waals surface area contributed by atoms with Crippen LogP contribution >= 0.6 is 0 Å². The smallest absolute Gasteiger partial charge is 0.0117 e. The van der Waals surface area contributed by atoms with Crippen LogP contribution in [0.4, 0.5) is 0 Å². The summed E-state index contributed by atoms with van der Waals surface area (Å²) in [7, 11) is 6.99. The zero-order valence-electron chi connectivity index (χ0n) is 27.4. The number of hydrogen-bond acceptors (Lipinski definition) is 2. The van der Waals surface area contributed by atoms with Crippen LogP contribution in [-0.4, -0.2) is 49.6 Å². The molecule has 2 heteroatoms. The van der Waals surface area contributed by atoms with Crippen LogP contribution in [0.15, 0.2) is 12.2 Å². The second kappa shape index (κ2) is 14.9. The minimum Gasteiger partial charge on any atom is -0.306 e. The highest BCUT2D eigenvalue weighted by molar-refractivity contribution is 5.03. The Morgan fingerprint density at radius 2 is 1.46 bits per heavy atom. The molecular weight excluding hydrogens is 448 g/mol. The first kappa shape index (κ1) is 32.9. The Kier molecular flexibility index (Phi) is 13.2. The predicted molar refractivity (Wildman–Crippen MR) is 166 cm³/mol. The van der Waals surface area contributed by atoms with E-state index in [1.165, 1.54) is 63.5 Å². The van der Waals surface area contributed by atoms with Crippen LogP contribution < -0.4 is 0 Å². The van der Waals surface area contributed by atoms with Crippen LogP contribution in [0.1, 0.15) is 114 Å². The van der Waals surface area contributed by atoms with Gasteiger partial charge in [-0.05, 0) is 119 Å². The van der Waals surface area contributed by atoms with Gasteiger partial charge in [-0.1, -0.05) is 86.8 Å². The quantitative estimate of drug-likeness (QED) is 0.343. The molecule has 1 aliphatic carbocycles. The Labute approximate surface area is 234 Å². The third kappa shape index (κ3) is 8.83. The third-order valence-electron chi connectivity index (χ3n) is 12.1. The van der Waals surface area contributed by atoms with E-state index in [4.69, 9.17) is 6.58 Å². The Morgan fingerprint density at radius 1 is 0.811 bits per heavy atom. The van der Waals surface area contributed by atoms with Crippen molar-refractivity contribution < 1.29 is 0 Å². The van der Waals surface area contributed by atoms with Crippen molar-refractivity contribution in [1.29, 1.82) is 0 Å². The summed E-state index contributed by atoms with van der Waals surface area (Å²) in [5.74, 6) is 7.58. The van der Waals surface area contributed by atoms with Gasteiger partial charge in [0.15, 0.2) is 0 Å². The van der Waals surface area contributed by atoms with Gasteiger partial charge in [0.25, 0.3) is 0 Å². The van der Waals surface area contributed by atoms with E-state index < -0.39 is 0 Å². The van der Waals surface area contributed by atoms with E-state index in [2.05, 4.69) is 93.3 Å². The monoisotopic (exact) mass is 517 g/mol. The first-order chi connectivity index (χ1) is 17.3. The molecule has 1 aliphatic heterocycles. The second-order valence-corrected chi connectivity index (χ2v) is 14.8. The van der Waals surface area contributed by atoms with E-state index in [0.717, 1.165) is 53.4 Å². The van der Waals surface area contributed by atoms with E-state index in [1.54, 1.807) is 0 Å². The van der Waals surface area contributed by atoms with Gasteiger partial charge in [0.1, 0.15) is 0 Å². The molecule has 0 spiro atoms. The maximum Gasteiger partial charge on any atom is 0.0117 e. The molecular formula is C35H68N2. The predicted octanol–water partition coefficient (Wildman–Crippen LogP) is 9.26. The summed E-state index contributed by atoms with van der Waals surface area (Å²) in [4.78, 5) is 5.20. The van der Waals surface area contributed by atoms with Gasteiger partial charge in [0.2, 0.25) is 0 Å². The Morgan fingerprint density at radius 3 is 2.05 bits per heavy atom. The van der Waals surface area contributed by atoms with Crippen molar-refractivity contribution in [3.8, 4) is 0 Å². The molecule has 2 aliphatic rings. The van der Waals surface area contributed by atoms with Crippen LogP contribution in [0.3, 0.4) is 0 Å². The van der Waals surface area contributed by atoms with Gasteiger partial charge in [-0.15, -0.1) is 0 Å². The molecule has 0 unspecified atom stereocenters. The highest BCUT2D eigenvalue weighted by atomic mass is 15.1. The van der Waals surface area contributed by atoms with Gasteiger partial charge >= 0.3 is 0 Å². The lowest BCUT2D eigenvalue weighted by Crippen LogP contribution is -2.42. The van der Waals surface area contributed by atoms with Crippen LogP contribution in [0.25, 0.3) is 0 Å². The third-order valence-corrected chi connectivity index (χ3v) is 12.1. The highest BCUT2D eigenvalue weighted by Crippen LogP contribution is 2.43. The molecule has 0 amide bonds. The molecule has 37 heavy (non-hydrogen) atoms. The van der Waals surface area contributed by atoms with E-state index in [0.29, 0.717) is 17.9 Å². The number of hydrogen-bond donors (Lipinski definition) is 0. The minimum absolute atomic E-state index is 0.618. The van der Waals surface area contributed by atoms with Crippen molar-refractivity contribution in [3.63, 3.8) is 0 Å². The highest BCUT2D eigenvalue weighted by Gasteiger charge is 2.36. The van der Waals surface area contributed by atoms with Crippen molar-refractivity contribution in [2.24, 2.45) is 59.2 Å². The van der Waals surface area contributed by atoms with E-state index in [9.17, 15) is 0 Å². The zero-order valence-corrected chi connectivity index (χ0v) is 27.4. The Balaban J connectivity index is 2.31. The SMILES string of the molecule is C=C1C[C@H](CC)[C@H](C)[C@H](C)[C@@H](C)N(C)C[C@H](C)C[C@H](C)[C@H](C[C@@H]2CCC[C@H](N(C)C)[C@H]2C)C[C@H](C)[C@H]1C. The van der Waals surface area contributed by atoms with Crippen molar-refractivity contribution in [2.45, 2.75) is 126 Å². The van der Waals surface area contributed by atoms with E-state index >= 15 is 0 Å². The van der Waals surface area contributed by atoms with E-state index in [-0.39, 0.29) is 0 Å². The molecule has 2 nitrogen and oxygen atoms in total. The summed E-state index contributed by atoms with van der Waals surface area (Å²) >= 11 is 0.